The van der Waals surface area contributed by atoms with Crippen LogP contribution in [0.2, 0.25) is 10.0 Å². The summed E-state index contributed by atoms with van der Waals surface area (Å²) in [6, 6.07) is 12.7. The van der Waals surface area contributed by atoms with Crippen molar-refractivity contribution in [2.75, 3.05) is 19.6 Å². The molecule has 0 unspecified atom stereocenters. The molecule has 0 radical (unpaired) electrons. The molecular formula is C23H23Cl2N3O2. The number of halogens is 2. The minimum absolute atomic E-state index is 0.0106. The summed E-state index contributed by atoms with van der Waals surface area (Å²) in [5, 5.41) is 5.45. The summed E-state index contributed by atoms with van der Waals surface area (Å²) in [4.78, 5) is 30.2. The van der Waals surface area contributed by atoms with E-state index >= 15 is 0 Å². The number of piperidine rings is 1. The molecule has 30 heavy (non-hydrogen) atoms. The van der Waals surface area contributed by atoms with Crippen molar-refractivity contribution in [2.45, 2.75) is 19.3 Å². The third-order valence-electron chi connectivity index (χ3n) is 5.67. The molecule has 5 nitrogen and oxygen atoms in total. The van der Waals surface area contributed by atoms with E-state index in [1.807, 2.05) is 29.3 Å². The predicted molar refractivity (Wildman–Crippen MR) is 120 cm³/mol. The number of nitrogens with one attached hydrogen (secondary N) is 2. The Labute approximate surface area is 185 Å². The molecule has 2 aromatic carbocycles. The van der Waals surface area contributed by atoms with Crippen LogP contribution in [0.1, 0.15) is 28.8 Å². The molecule has 1 aliphatic heterocycles. The van der Waals surface area contributed by atoms with Gasteiger partial charge in [0.25, 0.3) is 5.91 Å². The number of carbonyl (C=O) groups is 2. The van der Waals surface area contributed by atoms with Gasteiger partial charge in [-0.2, -0.15) is 0 Å². The van der Waals surface area contributed by atoms with Crippen molar-refractivity contribution in [2.24, 2.45) is 5.92 Å². The molecule has 156 valence electrons. The zero-order chi connectivity index (χ0) is 21.1. The van der Waals surface area contributed by atoms with Crippen LogP contribution >= 0.6 is 23.2 Å². The highest BCUT2D eigenvalue weighted by Crippen LogP contribution is 2.23. The maximum Gasteiger partial charge on any atom is 0.253 e. The number of hydrogen-bond acceptors (Lipinski definition) is 2. The van der Waals surface area contributed by atoms with Crippen LogP contribution in [0, 0.1) is 5.92 Å². The first-order valence-electron chi connectivity index (χ1n) is 10.1. The predicted octanol–water partition coefficient (Wildman–Crippen LogP) is 4.69. The van der Waals surface area contributed by atoms with Gasteiger partial charge in [-0.05, 0) is 67.3 Å². The van der Waals surface area contributed by atoms with Crippen molar-refractivity contribution in [1.82, 2.24) is 15.2 Å². The molecule has 1 fully saturated rings. The summed E-state index contributed by atoms with van der Waals surface area (Å²) in [7, 11) is 0. The van der Waals surface area contributed by atoms with Crippen LogP contribution in [0.15, 0.2) is 48.7 Å². The number of hydrogen-bond donors (Lipinski definition) is 2. The Morgan fingerprint density at radius 3 is 2.47 bits per heavy atom. The van der Waals surface area contributed by atoms with E-state index in [1.165, 1.54) is 0 Å². The minimum Gasteiger partial charge on any atom is -0.361 e. The van der Waals surface area contributed by atoms with E-state index in [-0.39, 0.29) is 17.7 Å². The van der Waals surface area contributed by atoms with Crippen LogP contribution in [-0.4, -0.2) is 41.3 Å². The summed E-state index contributed by atoms with van der Waals surface area (Å²) in [5.74, 6) is -0.00771. The van der Waals surface area contributed by atoms with Gasteiger partial charge in [0, 0.05) is 58.3 Å². The lowest BCUT2D eigenvalue weighted by atomic mass is 9.95. The van der Waals surface area contributed by atoms with Gasteiger partial charge in [-0.25, -0.2) is 0 Å². The molecule has 2 amide bonds. The zero-order valence-corrected chi connectivity index (χ0v) is 18.0. The van der Waals surface area contributed by atoms with Gasteiger partial charge in [0.2, 0.25) is 5.91 Å². The Kier molecular flexibility index (Phi) is 6.30. The van der Waals surface area contributed by atoms with Gasteiger partial charge >= 0.3 is 0 Å². The smallest absolute Gasteiger partial charge is 0.253 e. The molecule has 7 heteroatoms. The number of fused-ring (bicyclic) bond motifs is 1. The van der Waals surface area contributed by atoms with Crippen LogP contribution < -0.4 is 5.32 Å². The normalized spacial score (nSPS) is 14.8. The third kappa shape index (κ3) is 4.63. The highest BCUT2D eigenvalue weighted by molar-refractivity contribution is 6.31. The molecule has 2 N–H and O–H groups in total. The minimum atomic E-state index is -0.0586. The summed E-state index contributed by atoms with van der Waals surface area (Å²) in [6.45, 7) is 1.74. The molecule has 3 aromatic rings. The summed E-state index contributed by atoms with van der Waals surface area (Å²) in [6.07, 6.45) is 4.05. The second kappa shape index (κ2) is 9.11. The van der Waals surface area contributed by atoms with E-state index < -0.39 is 0 Å². The Balaban J connectivity index is 1.25. The first kappa shape index (κ1) is 20.8. The van der Waals surface area contributed by atoms with Crippen molar-refractivity contribution in [1.29, 1.82) is 0 Å². The van der Waals surface area contributed by atoms with Crippen LogP contribution in [0.25, 0.3) is 10.9 Å². The number of carbonyl (C=O) groups excluding carboxylic acids is 2. The van der Waals surface area contributed by atoms with E-state index in [4.69, 9.17) is 23.2 Å². The number of rotatable bonds is 5. The average molecular weight is 444 g/mol. The second-order valence-electron chi connectivity index (χ2n) is 7.62. The third-order valence-corrected chi connectivity index (χ3v) is 6.15. The molecule has 1 aromatic heterocycles. The van der Waals surface area contributed by atoms with Crippen molar-refractivity contribution >= 4 is 45.9 Å². The molecule has 0 bridgehead atoms. The number of aromatic amines is 1. The number of benzene rings is 2. The number of likely N-dealkylation sites (tertiary alicyclic amines) is 1. The molecule has 2 heterocycles. The van der Waals surface area contributed by atoms with Crippen LogP contribution in [0.3, 0.4) is 0 Å². The van der Waals surface area contributed by atoms with E-state index in [9.17, 15) is 9.59 Å². The summed E-state index contributed by atoms with van der Waals surface area (Å²) >= 11 is 12.0. The Hall–Kier alpha value is -2.50. The van der Waals surface area contributed by atoms with Crippen molar-refractivity contribution in [3.05, 3.63) is 69.8 Å². The van der Waals surface area contributed by atoms with E-state index in [0.717, 1.165) is 22.9 Å². The molecule has 0 aliphatic carbocycles. The molecular weight excluding hydrogens is 421 g/mol. The van der Waals surface area contributed by atoms with E-state index in [1.54, 1.807) is 24.3 Å². The van der Waals surface area contributed by atoms with Gasteiger partial charge < -0.3 is 15.2 Å². The maximum absolute atomic E-state index is 12.6. The Morgan fingerprint density at radius 1 is 1.03 bits per heavy atom. The van der Waals surface area contributed by atoms with Gasteiger partial charge in [0.1, 0.15) is 0 Å². The fourth-order valence-corrected chi connectivity index (χ4v) is 4.24. The molecule has 0 spiro atoms. The molecule has 4 rings (SSSR count). The molecule has 1 saturated heterocycles. The molecule has 1 aliphatic rings. The van der Waals surface area contributed by atoms with Gasteiger partial charge in [0.15, 0.2) is 0 Å². The van der Waals surface area contributed by atoms with Gasteiger partial charge in [-0.1, -0.05) is 23.2 Å². The highest BCUT2D eigenvalue weighted by Gasteiger charge is 2.27. The van der Waals surface area contributed by atoms with Crippen LogP contribution in [-0.2, 0) is 11.2 Å². The standard InChI is InChI=1S/C23H23Cl2N3O2/c24-18-3-1-16(2-4-18)23(30)28-11-8-15(9-12-28)22(29)26-10-7-17-14-27-21-6-5-19(25)13-20(17)21/h1-6,13-15,27H,7-12H2,(H,26,29). The Bertz CT molecular complexity index is 1050. The number of H-pyrrole nitrogens is 1. The number of aromatic nitrogens is 1. The van der Waals surface area contributed by atoms with E-state index in [2.05, 4.69) is 10.3 Å². The zero-order valence-electron chi connectivity index (χ0n) is 16.5. The largest absolute Gasteiger partial charge is 0.361 e. The second-order valence-corrected chi connectivity index (χ2v) is 8.49. The topological polar surface area (TPSA) is 65.2 Å². The van der Waals surface area contributed by atoms with E-state index in [0.29, 0.717) is 48.1 Å². The van der Waals surface area contributed by atoms with Gasteiger partial charge in [-0.3, -0.25) is 9.59 Å². The van der Waals surface area contributed by atoms with Crippen LogP contribution in [0.5, 0.6) is 0 Å². The van der Waals surface area contributed by atoms with Crippen molar-refractivity contribution in [3.8, 4) is 0 Å². The van der Waals surface area contributed by atoms with Crippen molar-refractivity contribution < 1.29 is 9.59 Å². The quantitative estimate of drug-likeness (QED) is 0.600. The number of amides is 2. The first-order chi connectivity index (χ1) is 14.5. The van der Waals surface area contributed by atoms with Gasteiger partial charge in [-0.15, -0.1) is 0 Å². The average Bonchev–Trinajstić information content (AvgIpc) is 3.16. The highest BCUT2D eigenvalue weighted by atomic mass is 35.5. The summed E-state index contributed by atoms with van der Waals surface area (Å²) in [5.41, 5.74) is 2.80. The van der Waals surface area contributed by atoms with Gasteiger partial charge in [0.05, 0.1) is 0 Å². The lowest BCUT2D eigenvalue weighted by Crippen LogP contribution is -2.43. The maximum atomic E-state index is 12.6. The fraction of sp³-hybridized carbons (Fsp3) is 0.304. The summed E-state index contributed by atoms with van der Waals surface area (Å²) < 4.78 is 0. The lowest BCUT2D eigenvalue weighted by Gasteiger charge is -2.31. The molecule has 0 saturated carbocycles. The first-order valence-corrected chi connectivity index (χ1v) is 10.8. The fourth-order valence-electron chi connectivity index (χ4n) is 3.94. The van der Waals surface area contributed by atoms with Crippen LogP contribution in [0.4, 0.5) is 0 Å². The monoisotopic (exact) mass is 443 g/mol. The molecule has 0 atom stereocenters. The van der Waals surface area contributed by atoms with Crippen molar-refractivity contribution in [3.63, 3.8) is 0 Å². The number of nitrogens with zero attached hydrogens (tertiary/aromatic N) is 1. The SMILES string of the molecule is O=C(NCCc1c[nH]c2ccc(Cl)cc12)C1CCN(C(=O)c2ccc(Cl)cc2)CC1. The lowest BCUT2D eigenvalue weighted by molar-refractivity contribution is -0.126. The Morgan fingerprint density at radius 2 is 1.73 bits per heavy atom.